The molecule has 3 nitrogen and oxygen atoms in total. The fraction of sp³-hybridized carbons (Fsp3) is 0.500. The topological polar surface area (TPSA) is 28.2 Å². The van der Waals surface area contributed by atoms with Gasteiger partial charge in [0, 0.05) is 25.8 Å². The lowest BCUT2D eigenvalue weighted by Crippen LogP contribution is -2.20. The minimum atomic E-state index is 0.361. The number of hydrogen-bond acceptors (Lipinski definition) is 3. The average molecular weight is 233 g/mol. The molecule has 17 heavy (non-hydrogen) atoms. The van der Waals surface area contributed by atoms with E-state index >= 15 is 0 Å². The van der Waals surface area contributed by atoms with E-state index in [0.29, 0.717) is 6.04 Å². The number of nitrogens with zero attached hydrogens (tertiary/aromatic N) is 2. The second-order valence-corrected chi connectivity index (χ2v) is 4.23. The first-order valence-electron chi connectivity index (χ1n) is 6.20. The van der Waals surface area contributed by atoms with Crippen molar-refractivity contribution in [3.8, 4) is 0 Å². The van der Waals surface area contributed by atoms with Gasteiger partial charge in [-0.3, -0.25) is 0 Å². The zero-order valence-corrected chi connectivity index (χ0v) is 11.1. The Labute approximate surface area is 105 Å². The molecular formula is C14H23N3. The number of aromatic nitrogens is 1. The minimum Gasteiger partial charge on any atom is -0.359 e. The first-order chi connectivity index (χ1) is 8.19. The van der Waals surface area contributed by atoms with Crippen molar-refractivity contribution in [1.29, 1.82) is 0 Å². The molecule has 0 saturated heterocycles. The summed E-state index contributed by atoms with van der Waals surface area (Å²) in [4.78, 5) is 6.63. The number of hydrogen-bond donors (Lipinski definition) is 1. The highest BCUT2D eigenvalue weighted by Gasteiger charge is 2.05. The van der Waals surface area contributed by atoms with Crippen LogP contribution >= 0.6 is 0 Å². The molecule has 1 aromatic rings. The molecule has 3 heteroatoms. The third kappa shape index (κ3) is 4.19. The second-order valence-electron chi connectivity index (χ2n) is 4.23. The lowest BCUT2D eigenvalue weighted by molar-refractivity contribution is 0.596. The summed E-state index contributed by atoms with van der Waals surface area (Å²) in [5, 5.41) is 3.38. The summed E-state index contributed by atoms with van der Waals surface area (Å²) in [5.41, 5.74) is 1.23. The maximum absolute atomic E-state index is 4.49. The molecule has 1 aromatic heterocycles. The smallest absolute Gasteiger partial charge is 0.128 e. The monoisotopic (exact) mass is 233 g/mol. The SMILES string of the molecule is C=CCCN(C)c1ccc(C(C)NCC)cn1. The molecule has 94 valence electrons. The molecule has 0 saturated carbocycles. The minimum absolute atomic E-state index is 0.361. The van der Waals surface area contributed by atoms with E-state index in [4.69, 9.17) is 0 Å². The van der Waals surface area contributed by atoms with Crippen LogP contribution in [0.3, 0.4) is 0 Å². The Morgan fingerprint density at radius 3 is 2.82 bits per heavy atom. The zero-order valence-electron chi connectivity index (χ0n) is 11.1. The number of pyridine rings is 1. The van der Waals surface area contributed by atoms with Crippen molar-refractivity contribution in [3.63, 3.8) is 0 Å². The Morgan fingerprint density at radius 2 is 2.29 bits per heavy atom. The molecule has 0 aromatic carbocycles. The van der Waals surface area contributed by atoms with Gasteiger partial charge >= 0.3 is 0 Å². The molecule has 1 N–H and O–H groups in total. The van der Waals surface area contributed by atoms with Crippen molar-refractivity contribution in [2.45, 2.75) is 26.3 Å². The van der Waals surface area contributed by atoms with Crippen molar-refractivity contribution < 1.29 is 0 Å². The van der Waals surface area contributed by atoms with Crippen molar-refractivity contribution in [1.82, 2.24) is 10.3 Å². The van der Waals surface area contributed by atoms with Crippen LogP contribution < -0.4 is 10.2 Å². The molecule has 1 rings (SSSR count). The molecule has 0 aliphatic carbocycles. The Bertz CT molecular complexity index is 332. The molecule has 1 heterocycles. The van der Waals surface area contributed by atoms with E-state index in [1.54, 1.807) is 0 Å². The molecule has 0 aliphatic rings. The van der Waals surface area contributed by atoms with Gasteiger partial charge in [-0.25, -0.2) is 4.98 Å². The summed E-state index contributed by atoms with van der Waals surface area (Å²) in [6.45, 7) is 9.93. The molecule has 0 bridgehead atoms. The van der Waals surface area contributed by atoms with E-state index in [-0.39, 0.29) is 0 Å². The van der Waals surface area contributed by atoms with Crippen LogP contribution in [-0.2, 0) is 0 Å². The fourth-order valence-corrected chi connectivity index (χ4v) is 1.70. The van der Waals surface area contributed by atoms with Gasteiger partial charge in [0.2, 0.25) is 0 Å². The van der Waals surface area contributed by atoms with Crippen LogP contribution in [0.5, 0.6) is 0 Å². The summed E-state index contributed by atoms with van der Waals surface area (Å²) in [6.07, 6.45) is 4.86. The highest BCUT2D eigenvalue weighted by molar-refractivity contribution is 5.38. The Morgan fingerprint density at radius 1 is 1.53 bits per heavy atom. The standard InChI is InChI=1S/C14H23N3/c1-5-7-10-17(4)14-9-8-13(11-16-14)12(3)15-6-2/h5,8-9,11-12,15H,1,6-7,10H2,2-4H3. The lowest BCUT2D eigenvalue weighted by Gasteiger charge is -2.18. The first kappa shape index (κ1) is 13.7. The molecule has 0 fully saturated rings. The Hall–Kier alpha value is -1.35. The van der Waals surface area contributed by atoms with Crippen LogP contribution in [0.4, 0.5) is 5.82 Å². The van der Waals surface area contributed by atoms with Crippen molar-refractivity contribution in [2.75, 3.05) is 25.0 Å². The van der Waals surface area contributed by atoms with Crippen molar-refractivity contribution >= 4 is 5.82 Å². The summed E-state index contributed by atoms with van der Waals surface area (Å²) in [6, 6.07) is 4.58. The fourth-order valence-electron chi connectivity index (χ4n) is 1.70. The summed E-state index contributed by atoms with van der Waals surface area (Å²) in [5.74, 6) is 1.01. The van der Waals surface area contributed by atoms with Gasteiger partial charge in [-0.1, -0.05) is 19.1 Å². The predicted molar refractivity (Wildman–Crippen MR) is 74.4 cm³/mol. The van der Waals surface area contributed by atoms with Crippen molar-refractivity contribution in [2.24, 2.45) is 0 Å². The van der Waals surface area contributed by atoms with Crippen LogP contribution in [0.25, 0.3) is 0 Å². The first-order valence-corrected chi connectivity index (χ1v) is 6.20. The van der Waals surface area contributed by atoms with E-state index in [1.807, 2.05) is 12.3 Å². The Balaban J connectivity index is 2.63. The van der Waals surface area contributed by atoms with Crippen molar-refractivity contribution in [3.05, 3.63) is 36.5 Å². The maximum Gasteiger partial charge on any atom is 0.128 e. The van der Waals surface area contributed by atoms with Gasteiger partial charge in [-0.2, -0.15) is 0 Å². The molecule has 0 amide bonds. The zero-order chi connectivity index (χ0) is 12.7. The van der Waals surface area contributed by atoms with Gasteiger partial charge in [0.15, 0.2) is 0 Å². The van der Waals surface area contributed by atoms with Gasteiger partial charge < -0.3 is 10.2 Å². The van der Waals surface area contributed by atoms with Crippen LogP contribution in [0.1, 0.15) is 31.9 Å². The Kier molecular flexibility index (Phi) is 5.70. The molecule has 0 spiro atoms. The van der Waals surface area contributed by atoms with Crippen LogP contribution in [0, 0.1) is 0 Å². The summed E-state index contributed by atoms with van der Waals surface area (Å²) < 4.78 is 0. The lowest BCUT2D eigenvalue weighted by atomic mass is 10.1. The van der Waals surface area contributed by atoms with Crippen LogP contribution in [0.2, 0.25) is 0 Å². The third-order valence-electron chi connectivity index (χ3n) is 2.84. The summed E-state index contributed by atoms with van der Waals surface area (Å²) in [7, 11) is 2.05. The van der Waals surface area contributed by atoms with Gasteiger partial charge in [-0.15, -0.1) is 6.58 Å². The highest BCUT2D eigenvalue weighted by atomic mass is 15.2. The number of nitrogens with one attached hydrogen (secondary N) is 1. The molecular weight excluding hydrogens is 210 g/mol. The largest absolute Gasteiger partial charge is 0.359 e. The van der Waals surface area contributed by atoms with Crippen LogP contribution in [-0.4, -0.2) is 25.1 Å². The second kappa shape index (κ2) is 7.07. The summed E-state index contributed by atoms with van der Waals surface area (Å²) >= 11 is 0. The third-order valence-corrected chi connectivity index (χ3v) is 2.84. The van der Waals surface area contributed by atoms with E-state index in [0.717, 1.165) is 25.3 Å². The number of anilines is 1. The molecule has 0 radical (unpaired) electrons. The van der Waals surface area contributed by atoms with E-state index in [9.17, 15) is 0 Å². The van der Waals surface area contributed by atoms with Gasteiger partial charge in [0.1, 0.15) is 5.82 Å². The predicted octanol–water partition coefficient (Wildman–Crippen LogP) is 2.76. The average Bonchev–Trinajstić information content (AvgIpc) is 2.36. The number of rotatable bonds is 7. The molecule has 1 unspecified atom stereocenters. The van der Waals surface area contributed by atoms with E-state index < -0.39 is 0 Å². The van der Waals surface area contributed by atoms with Gasteiger partial charge in [0.05, 0.1) is 0 Å². The van der Waals surface area contributed by atoms with Crippen LogP contribution in [0.15, 0.2) is 31.0 Å². The molecule has 0 aliphatic heterocycles. The van der Waals surface area contributed by atoms with E-state index in [2.05, 4.69) is 54.8 Å². The maximum atomic E-state index is 4.49. The normalized spacial score (nSPS) is 12.2. The van der Waals surface area contributed by atoms with Gasteiger partial charge in [-0.05, 0) is 31.5 Å². The van der Waals surface area contributed by atoms with E-state index in [1.165, 1.54) is 5.56 Å². The highest BCUT2D eigenvalue weighted by Crippen LogP contribution is 2.15. The van der Waals surface area contributed by atoms with Gasteiger partial charge in [0.25, 0.3) is 0 Å². The quantitative estimate of drug-likeness (QED) is 0.734. The molecule has 1 atom stereocenters.